The molecule has 8 nitrogen and oxygen atoms in total. The molecule has 0 fully saturated rings. The fourth-order valence-corrected chi connectivity index (χ4v) is 2.44. The maximum absolute atomic E-state index is 12.2. The van der Waals surface area contributed by atoms with Crippen molar-refractivity contribution in [1.82, 2.24) is 10.5 Å². The Morgan fingerprint density at radius 1 is 1.26 bits per heavy atom. The van der Waals surface area contributed by atoms with Gasteiger partial charge in [-0.05, 0) is 31.5 Å². The number of ether oxygens (including phenoxy) is 1. The molecule has 2 amide bonds. The number of hydrogen-bond acceptors (Lipinski definition) is 6. The zero-order valence-electron chi connectivity index (χ0n) is 15.1. The third-order valence-electron chi connectivity index (χ3n) is 3.58. The van der Waals surface area contributed by atoms with Gasteiger partial charge in [0.2, 0.25) is 5.91 Å². The summed E-state index contributed by atoms with van der Waals surface area (Å²) in [5.41, 5.74) is 0.696. The van der Waals surface area contributed by atoms with Gasteiger partial charge in [0.15, 0.2) is 11.9 Å². The lowest BCUT2D eigenvalue weighted by Gasteiger charge is -2.19. The van der Waals surface area contributed by atoms with Crippen LogP contribution in [0.4, 0.5) is 5.82 Å². The third-order valence-corrected chi connectivity index (χ3v) is 3.83. The number of aryl methyl sites for hydroxylation is 1. The quantitative estimate of drug-likeness (QED) is 0.700. The van der Waals surface area contributed by atoms with Crippen molar-refractivity contribution >= 4 is 35.2 Å². The lowest BCUT2D eigenvalue weighted by atomic mass is 10.0. The Kier molecular flexibility index (Phi) is 6.95. The molecule has 0 aliphatic rings. The molecule has 2 unspecified atom stereocenters. The summed E-state index contributed by atoms with van der Waals surface area (Å²) >= 11 is 5.86. The molecule has 0 aliphatic heterocycles. The molecule has 0 radical (unpaired) electrons. The molecule has 27 heavy (non-hydrogen) atoms. The summed E-state index contributed by atoms with van der Waals surface area (Å²) in [5.74, 6) is -0.703. The van der Waals surface area contributed by atoms with E-state index in [4.69, 9.17) is 20.9 Å². The maximum Gasteiger partial charge on any atom is 0.309 e. The predicted molar refractivity (Wildman–Crippen MR) is 98.1 cm³/mol. The normalized spacial score (nSPS) is 12.7. The topological polar surface area (TPSA) is 111 Å². The van der Waals surface area contributed by atoms with Crippen LogP contribution in [0.1, 0.15) is 37.6 Å². The van der Waals surface area contributed by atoms with Gasteiger partial charge in [0.25, 0.3) is 5.91 Å². The Morgan fingerprint density at radius 2 is 1.93 bits per heavy atom. The largest absolute Gasteiger partial charge is 0.452 e. The summed E-state index contributed by atoms with van der Waals surface area (Å²) in [6, 6.07) is 7.68. The molecule has 0 saturated heterocycles. The highest BCUT2D eigenvalue weighted by Gasteiger charge is 2.23. The van der Waals surface area contributed by atoms with Crippen LogP contribution in [0.5, 0.6) is 0 Å². The summed E-state index contributed by atoms with van der Waals surface area (Å²) in [6.07, 6.45) is -1.18. The fraction of sp³-hybridized carbons (Fsp3) is 0.333. The Bertz CT molecular complexity index is 819. The van der Waals surface area contributed by atoms with Crippen LogP contribution in [-0.4, -0.2) is 29.0 Å². The first-order valence-corrected chi connectivity index (χ1v) is 8.58. The molecule has 2 atom stereocenters. The second-order valence-corrected chi connectivity index (χ2v) is 6.39. The molecule has 1 aromatic heterocycles. The number of amides is 2. The van der Waals surface area contributed by atoms with E-state index >= 15 is 0 Å². The van der Waals surface area contributed by atoms with Gasteiger partial charge in [0.1, 0.15) is 5.76 Å². The molecule has 1 heterocycles. The average molecular weight is 394 g/mol. The van der Waals surface area contributed by atoms with Gasteiger partial charge in [-0.1, -0.05) is 28.9 Å². The standard InChI is InChI=1S/C18H20ClN3O5/c1-10-8-16(22-27-10)21-18(25)11(2)26-17(24)9-15(20-12(3)23)13-4-6-14(19)7-5-13/h4-8,11,15H,9H2,1-3H3,(H,20,23)(H,21,22,25). The second-order valence-electron chi connectivity index (χ2n) is 5.95. The van der Waals surface area contributed by atoms with Gasteiger partial charge in [-0.15, -0.1) is 0 Å². The predicted octanol–water partition coefficient (Wildman–Crippen LogP) is 2.77. The van der Waals surface area contributed by atoms with Crippen LogP contribution in [0.25, 0.3) is 0 Å². The zero-order chi connectivity index (χ0) is 20.0. The van der Waals surface area contributed by atoms with Gasteiger partial charge >= 0.3 is 5.97 Å². The molecule has 2 N–H and O–H groups in total. The molecule has 0 spiro atoms. The number of rotatable bonds is 7. The number of esters is 1. The van der Waals surface area contributed by atoms with Crippen molar-refractivity contribution in [2.45, 2.75) is 39.3 Å². The van der Waals surface area contributed by atoms with E-state index in [0.717, 1.165) is 0 Å². The van der Waals surface area contributed by atoms with E-state index in [2.05, 4.69) is 15.8 Å². The number of anilines is 1. The van der Waals surface area contributed by atoms with Crippen LogP contribution in [0, 0.1) is 6.92 Å². The molecular weight excluding hydrogens is 374 g/mol. The highest BCUT2D eigenvalue weighted by atomic mass is 35.5. The second kappa shape index (κ2) is 9.18. The summed E-state index contributed by atoms with van der Waals surface area (Å²) in [7, 11) is 0. The van der Waals surface area contributed by atoms with Crippen LogP contribution in [0.2, 0.25) is 5.02 Å². The average Bonchev–Trinajstić information content (AvgIpc) is 2.99. The monoisotopic (exact) mass is 393 g/mol. The Labute approximate surface area is 161 Å². The van der Waals surface area contributed by atoms with Gasteiger partial charge in [-0.2, -0.15) is 0 Å². The summed E-state index contributed by atoms with van der Waals surface area (Å²) < 4.78 is 10.0. The fourth-order valence-electron chi connectivity index (χ4n) is 2.31. The van der Waals surface area contributed by atoms with E-state index in [0.29, 0.717) is 16.3 Å². The third kappa shape index (κ3) is 6.41. The molecule has 2 rings (SSSR count). The first kappa shape index (κ1) is 20.4. The van der Waals surface area contributed by atoms with E-state index in [-0.39, 0.29) is 18.1 Å². The summed E-state index contributed by atoms with van der Waals surface area (Å²) in [4.78, 5) is 35.7. The van der Waals surface area contributed by atoms with E-state index < -0.39 is 24.0 Å². The molecule has 0 saturated carbocycles. The van der Waals surface area contributed by atoms with Crippen LogP contribution in [0.15, 0.2) is 34.9 Å². The van der Waals surface area contributed by atoms with Crippen LogP contribution in [-0.2, 0) is 19.1 Å². The smallest absolute Gasteiger partial charge is 0.309 e. The minimum absolute atomic E-state index is 0.137. The van der Waals surface area contributed by atoms with Crippen molar-refractivity contribution in [3.63, 3.8) is 0 Å². The highest BCUT2D eigenvalue weighted by Crippen LogP contribution is 2.20. The molecule has 144 valence electrons. The van der Waals surface area contributed by atoms with E-state index in [1.165, 1.54) is 13.8 Å². The van der Waals surface area contributed by atoms with Crippen molar-refractivity contribution in [3.05, 3.63) is 46.7 Å². The number of benzene rings is 1. The van der Waals surface area contributed by atoms with Crippen molar-refractivity contribution in [2.24, 2.45) is 0 Å². The molecule has 9 heteroatoms. The lowest BCUT2D eigenvalue weighted by Crippen LogP contribution is -2.33. The number of aromatic nitrogens is 1. The number of halogens is 1. The molecule has 0 bridgehead atoms. The Balaban J connectivity index is 1.96. The van der Waals surface area contributed by atoms with Gasteiger partial charge in [0.05, 0.1) is 12.5 Å². The van der Waals surface area contributed by atoms with Crippen molar-refractivity contribution < 1.29 is 23.6 Å². The Hall–Kier alpha value is -2.87. The first-order valence-electron chi connectivity index (χ1n) is 8.21. The summed E-state index contributed by atoms with van der Waals surface area (Å²) in [5, 5.41) is 9.35. The SMILES string of the molecule is CC(=O)NC(CC(=O)OC(C)C(=O)Nc1cc(C)on1)c1ccc(Cl)cc1. The van der Waals surface area contributed by atoms with Crippen molar-refractivity contribution in [1.29, 1.82) is 0 Å². The van der Waals surface area contributed by atoms with Gasteiger partial charge in [-0.3, -0.25) is 14.4 Å². The molecule has 2 aromatic rings. The number of carbonyl (C=O) groups excluding carboxylic acids is 3. The highest BCUT2D eigenvalue weighted by molar-refractivity contribution is 6.30. The summed E-state index contributed by atoms with van der Waals surface area (Å²) in [6.45, 7) is 4.48. The maximum atomic E-state index is 12.2. The molecular formula is C18H20ClN3O5. The van der Waals surface area contributed by atoms with Gasteiger partial charge in [-0.25, -0.2) is 0 Å². The lowest BCUT2D eigenvalue weighted by molar-refractivity contribution is -0.153. The number of nitrogens with one attached hydrogen (secondary N) is 2. The Morgan fingerprint density at radius 3 is 2.48 bits per heavy atom. The number of carbonyl (C=O) groups is 3. The zero-order valence-corrected chi connectivity index (χ0v) is 15.9. The van der Waals surface area contributed by atoms with Crippen LogP contribution in [0.3, 0.4) is 0 Å². The van der Waals surface area contributed by atoms with Crippen molar-refractivity contribution in [2.75, 3.05) is 5.32 Å². The van der Waals surface area contributed by atoms with Gasteiger partial charge in [0, 0.05) is 18.0 Å². The van der Waals surface area contributed by atoms with Crippen LogP contribution < -0.4 is 10.6 Å². The van der Waals surface area contributed by atoms with Crippen molar-refractivity contribution in [3.8, 4) is 0 Å². The number of nitrogens with zero attached hydrogens (tertiary/aromatic N) is 1. The molecule has 0 aliphatic carbocycles. The molecule has 1 aromatic carbocycles. The minimum atomic E-state index is -1.04. The van der Waals surface area contributed by atoms with Gasteiger partial charge < -0.3 is 19.9 Å². The first-order chi connectivity index (χ1) is 12.7. The number of hydrogen-bond donors (Lipinski definition) is 2. The van der Waals surface area contributed by atoms with E-state index in [1.807, 2.05) is 0 Å². The minimum Gasteiger partial charge on any atom is -0.452 e. The van der Waals surface area contributed by atoms with E-state index in [1.54, 1.807) is 37.3 Å². The van der Waals surface area contributed by atoms with Crippen LogP contribution >= 0.6 is 11.6 Å². The van der Waals surface area contributed by atoms with E-state index in [9.17, 15) is 14.4 Å².